The first kappa shape index (κ1) is 16.3. The largest absolute Gasteiger partial charge is 0.325 e. The smallest absolute Gasteiger partial charge is 0.275 e. The van der Waals surface area contributed by atoms with Crippen LogP contribution in [-0.4, -0.2) is 26.2 Å². The van der Waals surface area contributed by atoms with Crippen molar-refractivity contribution in [3.8, 4) is 0 Å². The molecule has 2 heterocycles. The highest BCUT2D eigenvalue weighted by Crippen LogP contribution is 2.18. The maximum atomic E-state index is 3.60. The molecule has 1 fully saturated rings. The topological polar surface area (TPSA) is 21.8 Å². The minimum Gasteiger partial charge on any atom is -0.325 e. The van der Waals surface area contributed by atoms with Gasteiger partial charge in [0.05, 0.1) is 0 Å². The normalized spacial score (nSPS) is 15.5. The summed E-state index contributed by atoms with van der Waals surface area (Å²) in [7, 11) is 0. The van der Waals surface area contributed by atoms with Crippen molar-refractivity contribution in [2.75, 3.05) is 31.1 Å². The number of benzene rings is 3. The Morgan fingerprint density at radius 1 is 0.741 bits per heavy atom. The number of aromatic amines is 1. The van der Waals surface area contributed by atoms with Crippen LogP contribution in [-0.2, 0) is 6.54 Å². The van der Waals surface area contributed by atoms with E-state index >= 15 is 0 Å². The number of hydrogen-bond donors (Lipinski definition) is 1. The Hall–Kier alpha value is -2.91. The van der Waals surface area contributed by atoms with E-state index in [4.69, 9.17) is 0 Å². The zero-order valence-corrected chi connectivity index (χ0v) is 15.5. The van der Waals surface area contributed by atoms with Crippen LogP contribution in [0.1, 0.15) is 5.56 Å². The molecule has 1 aliphatic heterocycles. The fourth-order valence-electron chi connectivity index (χ4n) is 4.25. The molecule has 27 heavy (non-hydrogen) atoms. The SMILES string of the molecule is c1ccc2[nH+]c(N3CC[NH+](Cc4cccc5ccccc45)CC3)ccc2c1. The van der Waals surface area contributed by atoms with E-state index in [0.29, 0.717) is 0 Å². The molecule has 2 N–H and O–H groups in total. The van der Waals surface area contributed by atoms with E-state index in [0.717, 1.165) is 19.6 Å². The van der Waals surface area contributed by atoms with Crippen LogP contribution in [0.3, 0.4) is 0 Å². The van der Waals surface area contributed by atoms with Crippen molar-refractivity contribution in [1.29, 1.82) is 0 Å². The lowest BCUT2D eigenvalue weighted by atomic mass is 10.0. The lowest BCUT2D eigenvalue weighted by molar-refractivity contribution is -0.914. The number of anilines is 1. The van der Waals surface area contributed by atoms with Gasteiger partial charge in [-0.15, -0.1) is 0 Å². The number of fused-ring (bicyclic) bond motifs is 2. The number of hydrogen-bond acceptors (Lipinski definition) is 1. The van der Waals surface area contributed by atoms with Crippen LogP contribution in [0.25, 0.3) is 21.7 Å². The standard InChI is InChI=1S/C24H23N3/c1-3-10-22-19(6-1)8-5-9-21(22)18-26-14-16-27(17-15-26)24-13-12-20-7-2-4-11-23(20)25-24/h1-13H,14-18H2/p+2. The third kappa shape index (κ3) is 3.26. The molecule has 1 aromatic heterocycles. The van der Waals surface area contributed by atoms with Crippen molar-refractivity contribution in [3.05, 3.63) is 84.4 Å². The van der Waals surface area contributed by atoms with Gasteiger partial charge in [-0.1, -0.05) is 60.7 Å². The fourth-order valence-corrected chi connectivity index (χ4v) is 4.25. The summed E-state index contributed by atoms with van der Waals surface area (Å²) in [5.41, 5.74) is 2.68. The van der Waals surface area contributed by atoms with Crippen LogP contribution in [0.5, 0.6) is 0 Å². The number of H-pyrrole nitrogens is 1. The lowest BCUT2D eigenvalue weighted by Gasteiger charge is -2.28. The molecule has 0 atom stereocenters. The zero-order valence-electron chi connectivity index (χ0n) is 15.5. The van der Waals surface area contributed by atoms with Gasteiger partial charge in [0.25, 0.3) is 5.82 Å². The predicted molar refractivity (Wildman–Crippen MR) is 111 cm³/mol. The molecule has 3 nitrogen and oxygen atoms in total. The molecule has 0 saturated carbocycles. The molecule has 5 rings (SSSR count). The minimum atomic E-state index is 1.09. The molecule has 0 bridgehead atoms. The van der Waals surface area contributed by atoms with Gasteiger partial charge in [0.15, 0.2) is 0 Å². The van der Waals surface area contributed by atoms with Crippen molar-refractivity contribution in [3.63, 3.8) is 0 Å². The summed E-state index contributed by atoms with van der Waals surface area (Å²) in [6.07, 6.45) is 0. The number of nitrogens with zero attached hydrogens (tertiary/aromatic N) is 1. The summed E-state index contributed by atoms with van der Waals surface area (Å²) in [6, 6.07) is 28.4. The third-order valence-corrected chi connectivity index (χ3v) is 5.78. The molecule has 3 heteroatoms. The molecular formula is C24H25N3+2. The summed E-state index contributed by atoms with van der Waals surface area (Å²) >= 11 is 0. The van der Waals surface area contributed by atoms with E-state index in [2.05, 4.69) is 88.7 Å². The Kier molecular flexibility index (Phi) is 4.23. The van der Waals surface area contributed by atoms with Gasteiger partial charge in [-0.3, -0.25) is 4.90 Å². The van der Waals surface area contributed by atoms with Crippen LogP contribution in [0, 0.1) is 0 Å². The van der Waals surface area contributed by atoms with Crippen LogP contribution in [0.15, 0.2) is 78.9 Å². The number of para-hydroxylation sites is 1. The van der Waals surface area contributed by atoms with Gasteiger partial charge in [0.2, 0.25) is 0 Å². The first-order valence-corrected chi connectivity index (χ1v) is 9.83. The van der Waals surface area contributed by atoms with Crippen LogP contribution in [0.4, 0.5) is 5.82 Å². The highest BCUT2D eigenvalue weighted by Gasteiger charge is 2.26. The van der Waals surface area contributed by atoms with E-state index in [1.54, 1.807) is 4.90 Å². The molecule has 0 unspecified atom stereocenters. The second kappa shape index (κ2) is 7.01. The maximum absolute atomic E-state index is 3.60. The first-order valence-electron chi connectivity index (χ1n) is 9.83. The molecule has 0 radical (unpaired) electrons. The molecule has 1 saturated heterocycles. The lowest BCUT2D eigenvalue weighted by Crippen LogP contribution is -3.13. The van der Waals surface area contributed by atoms with E-state index in [1.165, 1.54) is 46.1 Å². The Morgan fingerprint density at radius 2 is 1.48 bits per heavy atom. The second-order valence-corrected chi connectivity index (χ2v) is 7.48. The molecule has 4 aromatic rings. The number of pyridine rings is 1. The van der Waals surface area contributed by atoms with Gasteiger partial charge >= 0.3 is 0 Å². The summed E-state index contributed by atoms with van der Waals surface area (Å²) in [6.45, 7) is 5.63. The monoisotopic (exact) mass is 355 g/mol. The Bertz CT molecular complexity index is 1080. The Balaban J connectivity index is 1.29. The van der Waals surface area contributed by atoms with Crippen molar-refractivity contribution in [2.24, 2.45) is 0 Å². The average Bonchev–Trinajstić information content (AvgIpc) is 2.74. The van der Waals surface area contributed by atoms with E-state index in [-0.39, 0.29) is 0 Å². The Labute approximate surface area is 159 Å². The van der Waals surface area contributed by atoms with Crippen LogP contribution in [0.2, 0.25) is 0 Å². The van der Waals surface area contributed by atoms with Crippen molar-refractivity contribution >= 4 is 27.5 Å². The highest BCUT2D eigenvalue weighted by molar-refractivity contribution is 5.85. The highest BCUT2D eigenvalue weighted by atomic mass is 15.3. The van der Waals surface area contributed by atoms with Crippen LogP contribution >= 0.6 is 0 Å². The average molecular weight is 355 g/mol. The number of nitrogens with one attached hydrogen (secondary N) is 2. The summed E-state index contributed by atoms with van der Waals surface area (Å²) in [4.78, 5) is 7.76. The molecule has 0 amide bonds. The van der Waals surface area contributed by atoms with Gasteiger partial charge in [-0.25, -0.2) is 4.98 Å². The first-order chi connectivity index (χ1) is 13.4. The zero-order chi connectivity index (χ0) is 18.1. The molecular weight excluding hydrogens is 330 g/mol. The van der Waals surface area contributed by atoms with Crippen LogP contribution < -0.4 is 14.8 Å². The van der Waals surface area contributed by atoms with Gasteiger partial charge in [0, 0.05) is 17.0 Å². The number of piperazine rings is 1. The van der Waals surface area contributed by atoms with Gasteiger partial charge < -0.3 is 4.90 Å². The fraction of sp³-hybridized carbons (Fsp3) is 0.208. The van der Waals surface area contributed by atoms with Crippen molar-refractivity contribution in [2.45, 2.75) is 6.54 Å². The summed E-state index contributed by atoms with van der Waals surface area (Å²) < 4.78 is 0. The molecule has 134 valence electrons. The molecule has 0 spiro atoms. The number of quaternary nitrogens is 1. The van der Waals surface area contributed by atoms with Crippen molar-refractivity contribution < 1.29 is 9.88 Å². The Morgan fingerprint density at radius 3 is 2.37 bits per heavy atom. The quantitative estimate of drug-likeness (QED) is 0.600. The van der Waals surface area contributed by atoms with E-state index < -0.39 is 0 Å². The minimum absolute atomic E-state index is 1.09. The molecule has 3 aromatic carbocycles. The van der Waals surface area contributed by atoms with Gasteiger partial charge in [-0.2, -0.15) is 0 Å². The van der Waals surface area contributed by atoms with Crippen molar-refractivity contribution in [1.82, 2.24) is 0 Å². The van der Waals surface area contributed by atoms with E-state index in [1.807, 2.05) is 0 Å². The summed E-state index contributed by atoms with van der Waals surface area (Å²) in [5, 5.41) is 4.01. The second-order valence-electron chi connectivity index (χ2n) is 7.48. The third-order valence-electron chi connectivity index (χ3n) is 5.78. The van der Waals surface area contributed by atoms with Gasteiger partial charge in [0.1, 0.15) is 38.2 Å². The number of aromatic nitrogens is 1. The van der Waals surface area contributed by atoms with E-state index in [9.17, 15) is 0 Å². The maximum Gasteiger partial charge on any atom is 0.275 e. The molecule has 0 aliphatic carbocycles. The molecule has 1 aliphatic rings. The van der Waals surface area contributed by atoms with Gasteiger partial charge in [-0.05, 0) is 22.9 Å². The summed E-state index contributed by atoms with van der Waals surface area (Å²) in [5.74, 6) is 1.23. The number of rotatable bonds is 3. The predicted octanol–water partition coefficient (Wildman–Crippen LogP) is 2.71.